The molecule has 2 fully saturated rings. The number of sulfonamides is 1. The van der Waals surface area contributed by atoms with Crippen molar-refractivity contribution in [2.45, 2.75) is 50.3 Å². The molecule has 1 aliphatic heterocycles. The zero-order chi connectivity index (χ0) is 20.3. The molecular weight excluding hydrogens is 374 g/mol. The van der Waals surface area contributed by atoms with E-state index >= 15 is 0 Å². The fourth-order valence-electron chi connectivity index (χ4n) is 3.80. The molecule has 7 heteroatoms. The van der Waals surface area contributed by atoms with Crippen LogP contribution in [0, 0.1) is 5.92 Å². The van der Waals surface area contributed by atoms with E-state index in [1.165, 1.54) is 37.7 Å². The van der Waals surface area contributed by atoms with Gasteiger partial charge in [0.2, 0.25) is 10.0 Å². The van der Waals surface area contributed by atoms with E-state index in [9.17, 15) is 13.2 Å². The molecule has 0 bridgehead atoms. The van der Waals surface area contributed by atoms with Crippen molar-refractivity contribution in [2.24, 2.45) is 5.92 Å². The molecule has 1 saturated heterocycles. The van der Waals surface area contributed by atoms with Crippen molar-refractivity contribution in [3.8, 4) is 0 Å². The molecule has 0 aromatic heterocycles. The Morgan fingerprint density at radius 2 is 1.82 bits per heavy atom. The van der Waals surface area contributed by atoms with Crippen LogP contribution in [0.4, 0.5) is 5.69 Å². The summed E-state index contributed by atoms with van der Waals surface area (Å²) in [6.45, 7) is 5.38. The Balaban J connectivity index is 2.01. The zero-order valence-corrected chi connectivity index (χ0v) is 18.2. The number of rotatable bonds is 8. The van der Waals surface area contributed by atoms with Crippen LogP contribution < -0.4 is 4.90 Å². The summed E-state index contributed by atoms with van der Waals surface area (Å²) in [5.74, 6) is 0.563. The van der Waals surface area contributed by atoms with Crippen LogP contribution in [-0.4, -0.2) is 63.8 Å². The summed E-state index contributed by atoms with van der Waals surface area (Å²) < 4.78 is 26.5. The number of anilines is 1. The van der Waals surface area contributed by atoms with Crippen LogP contribution >= 0.6 is 0 Å². The van der Waals surface area contributed by atoms with Crippen LogP contribution in [0.2, 0.25) is 0 Å². The Morgan fingerprint density at radius 1 is 1.14 bits per heavy atom. The number of nitrogens with zero attached hydrogens (tertiary/aromatic N) is 3. The first-order valence-electron chi connectivity index (χ1n) is 10.5. The summed E-state index contributed by atoms with van der Waals surface area (Å²) >= 11 is 0. The van der Waals surface area contributed by atoms with Gasteiger partial charge < -0.3 is 9.80 Å². The molecule has 3 rings (SSSR count). The number of benzene rings is 1. The molecule has 1 saturated carbocycles. The number of piperidine rings is 1. The normalized spacial score (nSPS) is 17.8. The molecular formula is C21H33N3O3S. The Bertz CT molecular complexity index is 797. The van der Waals surface area contributed by atoms with E-state index in [0.717, 1.165) is 44.6 Å². The first-order chi connectivity index (χ1) is 13.3. The van der Waals surface area contributed by atoms with Crippen LogP contribution in [0.25, 0.3) is 0 Å². The van der Waals surface area contributed by atoms with Gasteiger partial charge in [0, 0.05) is 46.0 Å². The lowest BCUT2D eigenvalue weighted by Gasteiger charge is -2.32. The highest BCUT2D eigenvalue weighted by Crippen LogP contribution is 2.32. The lowest BCUT2D eigenvalue weighted by atomic mass is 10.1. The van der Waals surface area contributed by atoms with Gasteiger partial charge in [0.05, 0.1) is 10.5 Å². The molecule has 1 heterocycles. The molecule has 156 valence electrons. The smallest absolute Gasteiger partial charge is 0.256 e. The molecule has 0 atom stereocenters. The first-order valence-corrected chi connectivity index (χ1v) is 11.9. The molecule has 6 nitrogen and oxygen atoms in total. The van der Waals surface area contributed by atoms with E-state index < -0.39 is 10.0 Å². The number of hydrogen-bond acceptors (Lipinski definition) is 4. The highest BCUT2D eigenvalue weighted by molar-refractivity contribution is 7.89. The molecule has 28 heavy (non-hydrogen) atoms. The van der Waals surface area contributed by atoms with Gasteiger partial charge >= 0.3 is 0 Å². The van der Waals surface area contributed by atoms with Crippen molar-refractivity contribution in [1.82, 2.24) is 9.21 Å². The van der Waals surface area contributed by atoms with E-state index in [-0.39, 0.29) is 10.8 Å². The lowest BCUT2D eigenvalue weighted by molar-refractivity contribution is 0.0748. The third-order valence-electron chi connectivity index (χ3n) is 5.63. The Hall–Kier alpha value is -1.60. The second-order valence-corrected chi connectivity index (χ2v) is 10.4. The molecule has 1 amide bonds. The monoisotopic (exact) mass is 407 g/mol. The highest BCUT2D eigenvalue weighted by atomic mass is 32.2. The van der Waals surface area contributed by atoms with Crippen LogP contribution in [0.5, 0.6) is 0 Å². The number of amides is 1. The minimum atomic E-state index is -3.59. The average Bonchev–Trinajstić information content (AvgIpc) is 3.51. The fourth-order valence-corrected chi connectivity index (χ4v) is 4.72. The van der Waals surface area contributed by atoms with Crippen molar-refractivity contribution < 1.29 is 13.2 Å². The third-order valence-corrected chi connectivity index (χ3v) is 7.44. The Morgan fingerprint density at radius 3 is 2.39 bits per heavy atom. The largest absolute Gasteiger partial charge is 0.371 e. The summed E-state index contributed by atoms with van der Waals surface area (Å²) in [5.41, 5.74) is 1.40. The Kier molecular flexibility index (Phi) is 6.65. The van der Waals surface area contributed by atoms with E-state index in [2.05, 4.69) is 11.8 Å². The van der Waals surface area contributed by atoms with Crippen molar-refractivity contribution in [1.29, 1.82) is 0 Å². The summed E-state index contributed by atoms with van der Waals surface area (Å²) in [6.07, 6.45) is 6.67. The van der Waals surface area contributed by atoms with Crippen LogP contribution in [0.15, 0.2) is 23.1 Å². The maximum Gasteiger partial charge on any atom is 0.256 e. The van der Waals surface area contributed by atoms with Crippen LogP contribution in [0.3, 0.4) is 0 Å². The first kappa shape index (κ1) is 21.1. The zero-order valence-electron chi connectivity index (χ0n) is 17.4. The quantitative estimate of drug-likeness (QED) is 0.664. The van der Waals surface area contributed by atoms with E-state index in [4.69, 9.17) is 0 Å². The van der Waals surface area contributed by atoms with Gasteiger partial charge in [-0.25, -0.2) is 12.7 Å². The maximum absolute atomic E-state index is 13.5. The SMILES string of the molecule is CCCN(CC1CC1)C(=O)c1cc(S(=O)(=O)N(C)C)ccc1N1CCCCC1. The highest BCUT2D eigenvalue weighted by Gasteiger charge is 2.30. The van der Waals surface area contributed by atoms with Crippen molar-refractivity contribution in [3.63, 3.8) is 0 Å². The molecule has 1 aromatic carbocycles. The summed E-state index contributed by atoms with van der Waals surface area (Å²) in [4.78, 5) is 17.8. The summed E-state index contributed by atoms with van der Waals surface area (Å²) in [7, 11) is -0.546. The lowest BCUT2D eigenvalue weighted by Crippen LogP contribution is -2.37. The molecule has 1 aromatic rings. The molecule has 0 spiro atoms. The molecule has 0 radical (unpaired) electrons. The van der Waals surface area contributed by atoms with Crippen molar-refractivity contribution in [2.75, 3.05) is 45.2 Å². The van der Waals surface area contributed by atoms with Gasteiger partial charge in [-0.05, 0) is 62.6 Å². The van der Waals surface area contributed by atoms with Gasteiger partial charge in [-0.1, -0.05) is 6.92 Å². The van der Waals surface area contributed by atoms with Gasteiger partial charge in [-0.2, -0.15) is 0 Å². The molecule has 0 N–H and O–H groups in total. The standard InChI is InChI=1S/C21H33N3O3S/c1-4-12-24(16-17-8-9-17)21(25)19-15-18(28(26,27)22(2)3)10-11-20(19)23-13-6-5-7-14-23/h10-11,15,17H,4-9,12-14,16H2,1-3H3. The fraction of sp³-hybridized carbons (Fsp3) is 0.667. The van der Waals surface area contributed by atoms with Gasteiger partial charge in [0.15, 0.2) is 0 Å². The average molecular weight is 408 g/mol. The van der Waals surface area contributed by atoms with Gasteiger partial charge in [0.1, 0.15) is 0 Å². The Labute approximate surface area is 169 Å². The number of hydrogen-bond donors (Lipinski definition) is 0. The minimum Gasteiger partial charge on any atom is -0.371 e. The second kappa shape index (κ2) is 8.82. The second-order valence-electron chi connectivity index (χ2n) is 8.21. The summed E-state index contributed by atoms with van der Waals surface area (Å²) in [5, 5.41) is 0. The summed E-state index contributed by atoms with van der Waals surface area (Å²) in [6, 6.07) is 5.06. The predicted molar refractivity (Wildman–Crippen MR) is 112 cm³/mol. The molecule has 1 aliphatic carbocycles. The van der Waals surface area contributed by atoms with Gasteiger partial charge in [-0.15, -0.1) is 0 Å². The van der Waals surface area contributed by atoms with Crippen molar-refractivity contribution >= 4 is 21.6 Å². The van der Waals surface area contributed by atoms with Crippen LogP contribution in [0.1, 0.15) is 55.8 Å². The predicted octanol–water partition coefficient (Wildman–Crippen LogP) is 3.19. The van der Waals surface area contributed by atoms with Crippen LogP contribution in [-0.2, 0) is 10.0 Å². The number of carbonyl (C=O) groups is 1. The number of carbonyl (C=O) groups excluding carboxylic acids is 1. The van der Waals surface area contributed by atoms with Gasteiger partial charge in [0.25, 0.3) is 5.91 Å². The maximum atomic E-state index is 13.5. The molecule has 2 aliphatic rings. The van der Waals surface area contributed by atoms with Gasteiger partial charge in [-0.3, -0.25) is 4.79 Å². The van der Waals surface area contributed by atoms with E-state index in [1.54, 1.807) is 12.1 Å². The van der Waals surface area contributed by atoms with Crippen molar-refractivity contribution in [3.05, 3.63) is 23.8 Å². The topological polar surface area (TPSA) is 60.9 Å². The minimum absolute atomic E-state index is 0.0369. The van der Waals surface area contributed by atoms with E-state index in [1.807, 2.05) is 11.0 Å². The molecule has 0 unspecified atom stereocenters. The van der Waals surface area contributed by atoms with E-state index in [0.29, 0.717) is 18.0 Å². The third kappa shape index (κ3) is 4.69.